The van der Waals surface area contributed by atoms with Crippen molar-refractivity contribution < 1.29 is 9.41 Å². The van der Waals surface area contributed by atoms with E-state index in [0.717, 1.165) is 0 Å². The van der Waals surface area contributed by atoms with Crippen molar-refractivity contribution in [2.45, 2.75) is 76.4 Å². The molecule has 0 aliphatic heterocycles. The van der Waals surface area contributed by atoms with E-state index in [2.05, 4.69) is 23.2 Å². The van der Waals surface area contributed by atoms with Crippen LogP contribution in [0.3, 0.4) is 0 Å². The molecule has 0 aromatic rings. The molecule has 15 heavy (non-hydrogen) atoms. The van der Waals surface area contributed by atoms with Crippen molar-refractivity contribution in [3.05, 3.63) is 0 Å². The van der Waals surface area contributed by atoms with Crippen molar-refractivity contribution in [3.63, 3.8) is 0 Å². The van der Waals surface area contributed by atoms with E-state index in [4.69, 9.17) is 0 Å². The summed E-state index contributed by atoms with van der Waals surface area (Å²) in [5, 5.41) is 1.29. The third-order valence-corrected chi connectivity index (χ3v) is 2.97. The number of hydrogen-bond acceptors (Lipinski definition) is 0. The van der Waals surface area contributed by atoms with Crippen molar-refractivity contribution in [1.82, 2.24) is 0 Å². The molecule has 0 aliphatic rings. The average Bonchev–Trinajstić information content (AvgIpc) is 2.16. The van der Waals surface area contributed by atoms with Crippen LogP contribution in [0.1, 0.15) is 71.1 Å². The molecule has 0 bridgehead atoms. The van der Waals surface area contributed by atoms with Crippen LogP contribution in [-0.2, 0) is 0 Å². The van der Waals surface area contributed by atoms with Crippen LogP contribution in [0.5, 0.6) is 0 Å². The zero-order valence-electron chi connectivity index (χ0n) is 10.2. The maximum atomic E-state index is 2.81. The van der Waals surface area contributed by atoms with Crippen LogP contribution in [0, 0.1) is 0 Å². The first kappa shape index (κ1) is 20.8. The predicted molar refractivity (Wildman–Crippen MR) is 67.4 cm³/mol. The molecule has 0 saturated carbocycles. The fraction of sp³-hybridized carbons (Fsp3) is 1.00. The van der Waals surface area contributed by atoms with E-state index in [1.54, 1.807) is 0 Å². The molecule has 3 heteroatoms. The van der Waals surface area contributed by atoms with Gasteiger partial charge < -0.3 is 0 Å². The molecule has 0 aromatic heterocycles. The zero-order chi connectivity index (χ0) is 9.78. The van der Waals surface area contributed by atoms with E-state index < -0.39 is 0 Å². The molecule has 92 valence electrons. The van der Waals surface area contributed by atoms with Gasteiger partial charge in [-0.15, -0.1) is 5.28 Å². The molecule has 0 unspecified atom stereocenters. The van der Waals surface area contributed by atoms with Crippen LogP contribution in [0.4, 0.5) is 9.41 Å². The van der Waals surface area contributed by atoms with E-state index in [9.17, 15) is 0 Å². The van der Waals surface area contributed by atoms with Crippen molar-refractivity contribution in [3.8, 4) is 0 Å². The highest BCUT2D eigenvalue weighted by Crippen LogP contribution is 2.10. The number of rotatable bonds is 10. The Morgan fingerprint density at radius 1 is 0.600 bits per heavy atom. The van der Waals surface area contributed by atoms with Crippen LogP contribution < -0.4 is 0 Å². The fourth-order valence-corrected chi connectivity index (χ4v) is 1.92. The molecule has 0 nitrogen and oxygen atoms in total. The van der Waals surface area contributed by atoms with Gasteiger partial charge in [-0.3, -0.25) is 9.41 Å². The summed E-state index contributed by atoms with van der Waals surface area (Å²) >= 11 is 2.81. The fourth-order valence-electron chi connectivity index (χ4n) is 1.63. The second-order valence-electron chi connectivity index (χ2n) is 3.97. The van der Waals surface area contributed by atoms with Gasteiger partial charge in [0.15, 0.2) is 0 Å². The van der Waals surface area contributed by atoms with E-state index in [1.165, 1.54) is 69.5 Å². The lowest BCUT2D eigenvalue weighted by atomic mass is 10.1. The van der Waals surface area contributed by atoms with Gasteiger partial charge in [0, 0.05) is 0 Å². The molecule has 0 rings (SSSR count). The first-order chi connectivity index (χ1) is 6.41. The van der Waals surface area contributed by atoms with Gasteiger partial charge in [-0.05, 0) is 0 Å². The van der Waals surface area contributed by atoms with Gasteiger partial charge >= 0.3 is 0 Å². The largest absolute Gasteiger partial charge is 0.269 e. The molecule has 0 spiro atoms. The molecule has 0 aliphatic carbocycles. The molecule has 0 aromatic carbocycles. The summed E-state index contributed by atoms with van der Waals surface area (Å²) in [4.78, 5) is 0. The Hall–Kier alpha value is 0.392. The number of hydrogen-bond donors (Lipinski definition) is 0. The van der Waals surface area contributed by atoms with Gasteiger partial charge in [-0.25, -0.2) is 0 Å². The van der Waals surface area contributed by atoms with Gasteiger partial charge in [0.1, 0.15) is 16.3 Å². The van der Waals surface area contributed by atoms with Gasteiger partial charge in [0.05, 0.1) is 0 Å². The topological polar surface area (TPSA) is 0 Å². The van der Waals surface area contributed by atoms with Crippen molar-refractivity contribution in [1.29, 1.82) is 0 Å². The summed E-state index contributed by atoms with van der Waals surface area (Å²) in [6.45, 7) is 2.28. The maximum Gasteiger partial charge on any atom is 0.118 e. The standard InChI is InChI=1S/C12H25.Al.2FH/c1-3-5-7-9-11-12-10-8-6-4-2;;;/h1,3-12H2,2H3;;2*1H. The summed E-state index contributed by atoms with van der Waals surface area (Å²) in [6, 6.07) is 0. The van der Waals surface area contributed by atoms with Gasteiger partial charge in [0.25, 0.3) is 0 Å². The normalized spacial score (nSPS) is 9.13. The van der Waals surface area contributed by atoms with Crippen molar-refractivity contribution in [2.24, 2.45) is 0 Å². The second kappa shape index (κ2) is 19.9. The van der Waals surface area contributed by atoms with Crippen LogP contribution in [0.15, 0.2) is 0 Å². The van der Waals surface area contributed by atoms with Crippen LogP contribution in [-0.4, -0.2) is 16.3 Å². The maximum absolute atomic E-state index is 2.81. The third-order valence-electron chi connectivity index (χ3n) is 2.56. The summed E-state index contributed by atoms with van der Waals surface area (Å²) in [7, 11) is 0. The lowest BCUT2D eigenvalue weighted by Crippen LogP contribution is -1.81. The summed E-state index contributed by atoms with van der Waals surface area (Å²) in [6.07, 6.45) is 14.5. The lowest BCUT2D eigenvalue weighted by Gasteiger charge is -2.00. The van der Waals surface area contributed by atoms with Gasteiger partial charge in [-0.1, -0.05) is 71.1 Å². The highest BCUT2D eigenvalue weighted by molar-refractivity contribution is 6.08. The monoisotopic (exact) mass is 236 g/mol. The van der Waals surface area contributed by atoms with Gasteiger partial charge in [0.2, 0.25) is 0 Å². The SMILES string of the molecule is CCCCCCCCCCC[CH2][Al].F.F. The first-order valence-electron chi connectivity index (χ1n) is 6.12. The molecular weight excluding hydrogens is 209 g/mol. The average molecular weight is 236 g/mol. The van der Waals surface area contributed by atoms with Crippen molar-refractivity contribution >= 4 is 16.3 Å². The Morgan fingerprint density at radius 3 is 1.27 bits per heavy atom. The first-order valence-corrected chi connectivity index (χ1v) is 6.93. The Balaban J connectivity index is -0.000000720. The third kappa shape index (κ3) is 20.5. The minimum atomic E-state index is 0. The smallest absolute Gasteiger partial charge is 0.118 e. The van der Waals surface area contributed by atoms with E-state index in [0.29, 0.717) is 0 Å². The summed E-state index contributed by atoms with van der Waals surface area (Å²) < 4.78 is 0. The Bertz CT molecular complexity index is 79.7. The molecule has 0 amide bonds. The summed E-state index contributed by atoms with van der Waals surface area (Å²) in [5.41, 5.74) is 0. The van der Waals surface area contributed by atoms with Crippen LogP contribution >= 0.6 is 0 Å². The Kier molecular flexibility index (Phi) is 27.5. The van der Waals surface area contributed by atoms with Gasteiger partial charge in [-0.2, -0.15) is 0 Å². The van der Waals surface area contributed by atoms with Crippen LogP contribution in [0.2, 0.25) is 5.28 Å². The highest BCUT2D eigenvalue weighted by Gasteiger charge is 1.90. The zero-order valence-corrected chi connectivity index (χ0v) is 11.3. The molecule has 0 fully saturated rings. The molecule has 0 N–H and O–H groups in total. The molecule has 0 saturated heterocycles. The van der Waals surface area contributed by atoms with E-state index >= 15 is 0 Å². The minimum absolute atomic E-state index is 0. The molecule has 0 atom stereocenters. The quantitative estimate of drug-likeness (QED) is 0.377. The predicted octanol–water partition coefficient (Wildman–Crippen LogP) is 4.80. The number of halogens is 2. The minimum Gasteiger partial charge on any atom is -0.269 e. The lowest BCUT2D eigenvalue weighted by molar-refractivity contribution is 0.562. The van der Waals surface area contributed by atoms with E-state index in [1.807, 2.05) is 0 Å². The summed E-state index contributed by atoms with van der Waals surface area (Å²) in [5.74, 6) is 0. The van der Waals surface area contributed by atoms with Crippen LogP contribution in [0.25, 0.3) is 0 Å². The van der Waals surface area contributed by atoms with Crippen molar-refractivity contribution in [2.75, 3.05) is 0 Å². The molecule has 0 heterocycles. The molecule has 2 radical (unpaired) electrons. The second-order valence-corrected chi connectivity index (χ2v) is 4.55. The van der Waals surface area contributed by atoms with E-state index in [-0.39, 0.29) is 9.41 Å². The number of unbranched alkanes of at least 4 members (excludes halogenated alkanes) is 9. The highest BCUT2D eigenvalue weighted by atomic mass is 27.0. The molecular formula is C12H27AlF2. The Labute approximate surface area is 102 Å². The Morgan fingerprint density at radius 2 is 0.933 bits per heavy atom.